The second-order valence-electron chi connectivity index (χ2n) is 9.59. The van der Waals surface area contributed by atoms with Crippen LogP contribution in [-0.2, 0) is 10.8 Å². The summed E-state index contributed by atoms with van der Waals surface area (Å²) in [7, 11) is -1.78. The van der Waals surface area contributed by atoms with E-state index in [-0.39, 0.29) is 16.6 Å². The lowest BCUT2D eigenvalue weighted by Crippen LogP contribution is -2.41. The van der Waals surface area contributed by atoms with Crippen LogP contribution in [0.3, 0.4) is 0 Å². The van der Waals surface area contributed by atoms with Crippen LogP contribution in [0.5, 0.6) is 0 Å². The molecular formula is C20H34O2Si. The van der Waals surface area contributed by atoms with E-state index < -0.39 is 14.4 Å². The number of benzene rings is 1. The molecule has 3 heteroatoms. The first-order valence-electron chi connectivity index (χ1n) is 8.82. The molecule has 2 nitrogen and oxygen atoms in total. The Hall–Kier alpha value is -0.643. The van der Waals surface area contributed by atoms with E-state index in [9.17, 15) is 5.11 Å². The van der Waals surface area contributed by atoms with Gasteiger partial charge in [0.15, 0.2) is 8.32 Å². The second kappa shape index (κ2) is 6.02. The van der Waals surface area contributed by atoms with E-state index in [0.717, 1.165) is 18.4 Å². The molecule has 0 aliphatic heterocycles. The fraction of sp³-hybridized carbons (Fsp3) is 0.700. The molecule has 0 spiro atoms. The topological polar surface area (TPSA) is 29.5 Å². The molecule has 0 aromatic heterocycles. The normalized spacial score (nSPS) is 20.5. The summed E-state index contributed by atoms with van der Waals surface area (Å²) in [6.45, 7) is 17.8. The minimum atomic E-state index is -1.78. The SMILES string of the molecule is CC(C)(C)C(O)c1cccc2c1CCC2O[Si](C)(C)C(C)(C)C. The molecule has 0 fully saturated rings. The minimum absolute atomic E-state index is 0.145. The summed E-state index contributed by atoms with van der Waals surface area (Å²) in [5, 5.41) is 11.0. The van der Waals surface area contributed by atoms with Gasteiger partial charge in [-0.1, -0.05) is 59.7 Å². The van der Waals surface area contributed by atoms with Crippen LogP contribution in [0.4, 0.5) is 0 Å². The van der Waals surface area contributed by atoms with Gasteiger partial charge in [0.1, 0.15) is 0 Å². The van der Waals surface area contributed by atoms with Gasteiger partial charge in [-0.3, -0.25) is 0 Å². The third-order valence-electron chi connectivity index (χ3n) is 5.61. The Kier molecular flexibility index (Phi) is 4.89. The number of aliphatic hydroxyl groups excluding tert-OH is 1. The molecule has 1 aliphatic rings. The summed E-state index contributed by atoms with van der Waals surface area (Å²) in [4.78, 5) is 0. The molecule has 2 rings (SSSR count). The summed E-state index contributed by atoms with van der Waals surface area (Å²) in [5.41, 5.74) is 3.57. The maximum atomic E-state index is 10.7. The van der Waals surface area contributed by atoms with Crippen LogP contribution in [-0.4, -0.2) is 13.4 Å². The first-order chi connectivity index (χ1) is 10.3. The fourth-order valence-corrected chi connectivity index (χ4v) is 4.33. The monoisotopic (exact) mass is 334 g/mol. The second-order valence-corrected chi connectivity index (χ2v) is 14.3. The van der Waals surface area contributed by atoms with Gasteiger partial charge in [-0.2, -0.15) is 0 Å². The van der Waals surface area contributed by atoms with Crippen molar-refractivity contribution in [3.05, 3.63) is 34.9 Å². The summed E-state index contributed by atoms with van der Waals surface area (Å²) < 4.78 is 6.67. The molecule has 130 valence electrons. The van der Waals surface area contributed by atoms with Gasteiger partial charge in [0.05, 0.1) is 12.2 Å². The Morgan fingerprint density at radius 3 is 2.26 bits per heavy atom. The van der Waals surface area contributed by atoms with Crippen LogP contribution < -0.4 is 0 Å². The molecule has 1 N–H and O–H groups in total. The first kappa shape index (κ1) is 18.7. The number of fused-ring (bicyclic) bond motifs is 1. The molecule has 2 atom stereocenters. The van der Waals surface area contributed by atoms with Crippen molar-refractivity contribution < 1.29 is 9.53 Å². The average molecular weight is 335 g/mol. The van der Waals surface area contributed by atoms with Gasteiger partial charge in [0.25, 0.3) is 0 Å². The molecule has 0 heterocycles. The van der Waals surface area contributed by atoms with Gasteiger partial charge in [0.2, 0.25) is 0 Å². The van der Waals surface area contributed by atoms with Crippen LogP contribution in [0.25, 0.3) is 0 Å². The lowest BCUT2D eigenvalue weighted by molar-refractivity contribution is 0.0619. The van der Waals surface area contributed by atoms with Gasteiger partial charge >= 0.3 is 0 Å². The minimum Gasteiger partial charge on any atom is -0.410 e. The predicted octanol–water partition coefficient (Wildman–Crippen LogP) is 5.78. The Labute approximate surface area is 143 Å². The molecule has 0 saturated heterocycles. The van der Waals surface area contributed by atoms with Crippen molar-refractivity contribution >= 4 is 8.32 Å². The van der Waals surface area contributed by atoms with Crippen molar-refractivity contribution in [2.75, 3.05) is 0 Å². The van der Waals surface area contributed by atoms with Crippen LogP contribution in [0, 0.1) is 5.41 Å². The molecule has 1 aromatic carbocycles. The maximum absolute atomic E-state index is 10.7. The maximum Gasteiger partial charge on any atom is 0.192 e. The van der Waals surface area contributed by atoms with Crippen LogP contribution in [0.15, 0.2) is 18.2 Å². The molecule has 1 aliphatic carbocycles. The molecule has 0 bridgehead atoms. The van der Waals surface area contributed by atoms with Crippen molar-refractivity contribution in [3.63, 3.8) is 0 Å². The zero-order chi connectivity index (χ0) is 17.6. The zero-order valence-electron chi connectivity index (χ0n) is 16.2. The van der Waals surface area contributed by atoms with Gasteiger partial charge in [-0.25, -0.2) is 0 Å². The van der Waals surface area contributed by atoms with Crippen molar-refractivity contribution in [1.29, 1.82) is 0 Å². The third kappa shape index (κ3) is 3.72. The van der Waals surface area contributed by atoms with Crippen molar-refractivity contribution in [2.45, 2.75) is 84.7 Å². The van der Waals surface area contributed by atoms with Gasteiger partial charge < -0.3 is 9.53 Å². The number of hydrogen-bond acceptors (Lipinski definition) is 2. The van der Waals surface area contributed by atoms with Crippen LogP contribution >= 0.6 is 0 Å². The molecule has 23 heavy (non-hydrogen) atoms. The van der Waals surface area contributed by atoms with E-state index in [1.807, 2.05) is 0 Å². The highest BCUT2D eigenvalue weighted by molar-refractivity contribution is 6.74. The standard InChI is InChI=1S/C20H34O2Si/c1-19(2,3)18(21)16-11-9-10-15-14(16)12-13-17(15)22-23(7,8)20(4,5)6/h9-11,17-18,21H,12-13H2,1-8H3. The summed E-state index contributed by atoms with van der Waals surface area (Å²) >= 11 is 0. The molecule has 2 unspecified atom stereocenters. The summed E-state index contributed by atoms with van der Waals surface area (Å²) in [5.74, 6) is 0. The number of rotatable bonds is 3. The molecule has 0 radical (unpaired) electrons. The Morgan fingerprint density at radius 2 is 1.74 bits per heavy atom. The Balaban J connectivity index is 2.32. The lowest BCUT2D eigenvalue weighted by Gasteiger charge is -2.38. The van der Waals surface area contributed by atoms with Gasteiger partial charge in [0, 0.05) is 0 Å². The molecular weight excluding hydrogens is 300 g/mol. The van der Waals surface area contributed by atoms with Crippen LogP contribution in [0.1, 0.15) is 76.9 Å². The Bertz CT molecular complexity index is 564. The average Bonchev–Trinajstić information content (AvgIpc) is 2.78. The van der Waals surface area contributed by atoms with Crippen molar-refractivity contribution in [3.8, 4) is 0 Å². The number of hydrogen-bond donors (Lipinski definition) is 1. The summed E-state index contributed by atoms with van der Waals surface area (Å²) in [6, 6.07) is 6.36. The Morgan fingerprint density at radius 1 is 1.13 bits per heavy atom. The van der Waals surface area contributed by atoms with Crippen LogP contribution in [0.2, 0.25) is 18.1 Å². The van der Waals surface area contributed by atoms with E-state index in [0.29, 0.717) is 0 Å². The smallest absolute Gasteiger partial charge is 0.192 e. The van der Waals surface area contributed by atoms with E-state index in [4.69, 9.17) is 4.43 Å². The highest BCUT2D eigenvalue weighted by Gasteiger charge is 2.41. The summed E-state index contributed by atoms with van der Waals surface area (Å²) in [6.07, 6.45) is 1.82. The van der Waals surface area contributed by atoms with Crippen molar-refractivity contribution in [2.24, 2.45) is 5.41 Å². The third-order valence-corrected chi connectivity index (χ3v) is 10.1. The van der Waals surface area contributed by atoms with Crippen molar-refractivity contribution in [1.82, 2.24) is 0 Å². The zero-order valence-corrected chi connectivity index (χ0v) is 17.2. The molecule has 0 amide bonds. The van der Waals surface area contributed by atoms with E-state index in [2.05, 4.69) is 72.8 Å². The quantitative estimate of drug-likeness (QED) is 0.710. The van der Waals surface area contributed by atoms with Gasteiger partial charge in [-0.05, 0) is 53.1 Å². The molecule has 0 saturated carbocycles. The fourth-order valence-electron chi connectivity index (χ4n) is 3.02. The van der Waals surface area contributed by atoms with E-state index in [1.54, 1.807) is 0 Å². The molecule has 1 aromatic rings. The first-order valence-corrected chi connectivity index (χ1v) is 11.7. The predicted molar refractivity (Wildman–Crippen MR) is 100 cm³/mol. The lowest BCUT2D eigenvalue weighted by atomic mass is 9.82. The highest BCUT2D eigenvalue weighted by Crippen LogP contribution is 2.46. The number of aliphatic hydroxyl groups is 1. The van der Waals surface area contributed by atoms with Gasteiger partial charge in [-0.15, -0.1) is 0 Å². The highest BCUT2D eigenvalue weighted by atomic mass is 28.4. The largest absolute Gasteiger partial charge is 0.410 e. The van der Waals surface area contributed by atoms with E-state index in [1.165, 1.54) is 11.1 Å². The van der Waals surface area contributed by atoms with E-state index >= 15 is 0 Å².